The number of hydrogen-bond acceptors (Lipinski definition) is 11. The Balaban J connectivity index is 1.68. The molecule has 4 aromatic rings. The molecule has 1 N–H and O–H groups in total. The highest BCUT2D eigenvalue weighted by Gasteiger charge is 2.44. The third-order valence-electron chi connectivity index (χ3n) is 7.89. The summed E-state index contributed by atoms with van der Waals surface area (Å²) in [5.41, 5.74) is 0.227. The molecule has 2 aliphatic rings. The van der Waals surface area contributed by atoms with Crippen LogP contribution in [0.25, 0.3) is 22.4 Å². The normalized spacial score (nSPS) is 20.6. The van der Waals surface area contributed by atoms with Crippen molar-refractivity contribution in [1.82, 2.24) is 18.9 Å². The molecule has 14 heteroatoms. The van der Waals surface area contributed by atoms with Crippen LogP contribution in [0.5, 0.6) is 5.75 Å². The number of aromatic nitrogens is 4. The van der Waals surface area contributed by atoms with E-state index < -0.39 is 31.6 Å². The maximum atomic E-state index is 13.6. The molecule has 3 aromatic heterocycles. The zero-order chi connectivity index (χ0) is 32.5. The minimum Gasteiger partial charge on any atom is -0.486 e. The van der Waals surface area contributed by atoms with E-state index in [0.717, 1.165) is 10.2 Å². The minimum atomic E-state index is -4.10. The molecule has 12 nitrogen and oxygen atoms in total. The Morgan fingerprint density at radius 1 is 1.07 bits per heavy atom. The number of benzene rings is 1. The van der Waals surface area contributed by atoms with Crippen molar-refractivity contribution in [3.63, 3.8) is 0 Å². The van der Waals surface area contributed by atoms with Crippen molar-refractivity contribution in [3.8, 4) is 17.1 Å². The van der Waals surface area contributed by atoms with Crippen molar-refractivity contribution in [1.29, 1.82) is 0 Å². The highest BCUT2D eigenvalue weighted by molar-refractivity contribution is 7.91. The van der Waals surface area contributed by atoms with Gasteiger partial charge in [-0.15, -0.1) is 0 Å². The second kappa shape index (κ2) is 9.92. The van der Waals surface area contributed by atoms with Gasteiger partial charge in [-0.05, 0) is 39.0 Å². The smallest absolute Gasteiger partial charge is 0.269 e. The average molecular weight is 616 g/mol. The van der Waals surface area contributed by atoms with Gasteiger partial charge >= 0.3 is 0 Å². The number of ether oxygens (including phenoxy) is 2. The van der Waals surface area contributed by atoms with Gasteiger partial charge in [-0.3, -0.25) is 0 Å². The summed E-state index contributed by atoms with van der Waals surface area (Å²) in [7, 11) is -7.87. The van der Waals surface area contributed by atoms with Gasteiger partial charge in [0.15, 0.2) is 32.9 Å². The van der Waals surface area contributed by atoms with Crippen molar-refractivity contribution in [2.45, 2.75) is 42.5 Å². The van der Waals surface area contributed by atoms with E-state index in [4.69, 9.17) is 23.6 Å². The lowest BCUT2D eigenvalue weighted by atomic mass is 10.0. The van der Waals surface area contributed by atoms with Crippen molar-refractivity contribution < 1.29 is 30.4 Å². The summed E-state index contributed by atoms with van der Waals surface area (Å²) in [6.07, 6.45) is 3.64. The summed E-state index contributed by atoms with van der Waals surface area (Å²) >= 11 is 0. The van der Waals surface area contributed by atoms with Crippen molar-refractivity contribution in [2.75, 3.05) is 43.3 Å². The molecule has 0 amide bonds. The molecule has 0 radical (unpaired) electrons. The van der Waals surface area contributed by atoms with Crippen LogP contribution in [-0.4, -0.2) is 80.9 Å². The van der Waals surface area contributed by atoms with Crippen LogP contribution in [0.15, 0.2) is 53.7 Å². The minimum absolute atomic E-state index is 0.00345. The Hall–Kier alpha value is -3.75. The SMILES string of the molecule is [2H]C([2H])([2H])Nc1cnc2c(ccn2S(=O)(=O)c2ccccc2)c1-c1nc2c(c(C(C)(C)S(C)(=O)=O)n1)OC[C@@H]1COC[C@@H](C)N21. The van der Waals surface area contributed by atoms with Gasteiger partial charge in [0, 0.05) is 28.9 Å². The first-order valence-corrected chi connectivity index (χ1v) is 16.5. The van der Waals surface area contributed by atoms with Gasteiger partial charge in [-0.25, -0.2) is 35.8 Å². The summed E-state index contributed by atoms with van der Waals surface area (Å²) in [4.78, 5) is 16.0. The van der Waals surface area contributed by atoms with E-state index in [1.807, 2.05) is 11.8 Å². The number of nitrogens with one attached hydrogen (secondary N) is 1. The molecule has 1 saturated heterocycles. The Bertz CT molecular complexity index is 2020. The molecule has 2 atom stereocenters. The summed E-state index contributed by atoms with van der Waals surface area (Å²) < 4.78 is 88.6. The van der Waals surface area contributed by atoms with Crippen molar-refractivity contribution in [3.05, 3.63) is 54.5 Å². The first-order valence-electron chi connectivity index (χ1n) is 14.7. The van der Waals surface area contributed by atoms with Gasteiger partial charge in [0.05, 0.1) is 47.6 Å². The molecule has 0 aliphatic carbocycles. The van der Waals surface area contributed by atoms with Crippen LogP contribution in [-0.2, 0) is 29.3 Å². The number of nitrogens with zero attached hydrogens (tertiary/aromatic N) is 5. The van der Waals surface area contributed by atoms with E-state index in [-0.39, 0.29) is 63.1 Å². The molecule has 0 spiro atoms. The lowest BCUT2D eigenvalue weighted by Gasteiger charge is -2.45. The van der Waals surface area contributed by atoms with Crippen LogP contribution in [0.2, 0.25) is 0 Å². The number of sulfone groups is 1. The van der Waals surface area contributed by atoms with Crippen LogP contribution in [0.1, 0.15) is 30.6 Å². The van der Waals surface area contributed by atoms with Crippen molar-refractivity contribution >= 4 is 42.4 Å². The zero-order valence-corrected chi connectivity index (χ0v) is 25.0. The van der Waals surface area contributed by atoms with E-state index in [1.165, 1.54) is 44.4 Å². The Kier molecular flexibility index (Phi) is 5.86. The van der Waals surface area contributed by atoms with E-state index in [0.29, 0.717) is 19.0 Å². The van der Waals surface area contributed by atoms with Gasteiger partial charge in [-0.2, -0.15) is 0 Å². The molecular formula is C28H32N6O6S2. The van der Waals surface area contributed by atoms with E-state index in [2.05, 4.69) is 10.3 Å². The Morgan fingerprint density at radius 3 is 2.55 bits per heavy atom. The number of morpholine rings is 1. The maximum Gasteiger partial charge on any atom is 0.269 e. The van der Waals surface area contributed by atoms with Gasteiger partial charge in [0.25, 0.3) is 10.0 Å². The van der Waals surface area contributed by atoms with Crippen molar-refractivity contribution in [2.24, 2.45) is 0 Å². The maximum absolute atomic E-state index is 13.6. The fraction of sp³-hybridized carbons (Fsp3) is 0.393. The fourth-order valence-corrected chi connectivity index (χ4v) is 7.14. The second-order valence-corrected chi connectivity index (χ2v) is 15.3. The summed E-state index contributed by atoms with van der Waals surface area (Å²) in [5.74, 6) is 0.511. The molecule has 0 bridgehead atoms. The Morgan fingerprint density at radius 2 is 1.83 bits per heavy atom. The lowest BCUT2D eigenvalue weighted by Crippen LogP contribution is -2.56. The lowest BCUT2D eigenvalue weighted by molar-refractivity contribution is 0.0482. The van der Waals surface area contributed by atoms with Crippen LogP contribution < -0.4 is 15.0 Å². The van der Waals surface area contributed by atoms with E-state index >= 15 is 0 Å². The van der Waals surface area contributed by atoms with Crippen LogP contribution in [0.3, 0.4) is 0 Å². The number of anilines is 2. The third kappa shape index (κ3) is 4.31. The van der Waals surface area contributed by atoms with Gasteiger partial charge in [0.1, 0.15) is 17.0 Å². The second-order valence-electron chi connectivity index (χ2n) is 10.9. The van der Waals surface area contributed by atoms with E-state index in [1.54, 1.807) is 18.2 Å². The quantitative estimate of drug-likeness (QED) is 0.342. The van der Waals surface area contributed by atoms with Crippen LogP contribution in [0.4, 0.5) is 11.5 Å². The molecule has 5 heterocycles. The third-order valence-corrected chi connectivity index (χ3v) is 11.6. The molecule has 222 valence electrons. The van der Waals surface area contributed by atoms with Gasteiger partial charge in [0.2, 0.25) is 0 Å². The number of hydrogen-bond donors (Lipinski definition) is 1. The summed E-state index contributed by atoms with van der Waals surface area (Å²) in [6, 6.07) is 8.93. The van der Waals surface area contributed by atoms with Crippen LogP contribution >= 0.6 is 0 Å². The van der Waals surface area contributed by atoms with Gasteiger partial charge in [-0.1, -0.05) is 18.2 Å². The van der Waals surface area contributed by atoms with Gasteiger partial charge < -0.3 is 19.7 Å². The zero-order valence-electron chi connectivity index (χ0n) is 26.4. The molecular weight excluding hydrogens is 580 g/mol. The molecule has 2 aliphatic heterocycles. The first-order chi connectivity index (χ1) is 21.0. The number of rotatable bonds is 6. The molecule has 6 rings (SSSR count). The topological polar surface area (TPSA) is 146 Å². The highest BCUT2D eigenvalue weighted by atomic mass is 32.2. The number of pyridine rings is 1. The molecule has 0 saturated carbocycles. The molecule has 1 aromatic carbocycles. The molecule has 1 fully saturated rings. The van der Waals surface area contributed by atoms with Crippen LogP contribution in [0, 0.1) is 0 Å². The molecule has 42 heavy (non-hydrogen) atoms. The first kappa shape index (κ1) is 24.8. The highest BCUT2D eigenvalue weighted by Crippen LogP contribution is 2.46. The predicted molar refractivity (Wildman–Crippen MR) is 159 cm³/mol. The fourth-order valence-electron chi connectivity index (χ4n) is 5.33. The Labute approximate surface area is 248 Å². The predicted octanol–water partition coefficient (Wildman–Crippen LogP) is 3.04. The van der Waals surface area contributed by atoms with E-state index in [9.17, 15) is 16.8 Å². The largest absolute Gasteiger partial charge is 0.486 e. The number of fused-ring (bicyclic) bond motifs is 4. The summed E-state index contributed by atoms with van der Waals surface area (Å²) in [5, 5.41) is 2.70. The summed E-state index contributed by atoms with van der Waals surface area (Å²) in [6.45, 7) is 3.28. The standard InChI is InChI=1S/C28H32N6O6S2/c1-17-14-39-15-18-16-40-23-24(28(2,3)41(5,35)36)31-25(32-27(23)34(17)18)22-20-11-12-33(26(20)30-13-21(22)29-4)42(37,38)19-9-7-6-8-10-19/h6-13,17-18,29H,14-16H2,1-5H3/t17-,18+/m1/s1/i4D3. The monoisotopic (exact) mass is 615 g/mol. The molecule has 0 unspecified atom stereocenters. The average Bonchev–Trinajstić information content (AvgIpc) is 3.40.